The first kappa shape index (κ1) is 19.5. The van der Waals surface area contributed by atoms with Crippen molar-refractivity contribution in [3.05, 3.63) is 82.9 Å². The van der Waals surface area contributed by atoms with Gasteiger partial charge in [0.25, 0.3) is 5.91 Å². The van der Waals surface area contributed by atoms with Crippen LogP contribution in [0.3, 0.4) is 0 Å². The predicted molar refractivity (Wildman–Crippen MR) is 112 cm³/mol. The number of nitrogens with zero attached hydrogens (tertiary/aromatic N) is 4. The van der Waals surface area contributed by atoms with Crippen molar-refractivity contribution in [2.45, 2.75) is 13.0 Å². The number of nitrogens with two attached hydrogens (primary N) is 1. The SMILES string of the molecule is Cc1c(C(=O)NC(C(N)=O)c2ccc(Cl)cc2)nnn1-c1cccc2cnccc12. The number of amides is 2. The Morgan fingerprint density at radius 2 is 1.90 bits per heavy atom. The van der Waals surface area contributed by atoms with Crippen LogP contribution in [0.5, 0.6) is 0 Å². The number of aromatic nitrogens is 4. The Labute approximate surface area is 176 Å². The summed E-state index contributed by atoms with van der Waals surface area (Å²) in [6.45, 7) is 1.73. The molecule has 0 saturated heterocycles. The monoisotopic (exact) mass is 420 g/mol. The lowest BCUT2D eigenvalue weighted by Crippen LogP contribution is -2.37. The molecule has 0 radical (unpaired) electrons. The van der Waals surface area contributed by atoms with E-state index in [1.807, 2.05) is 24.3 Å². The van der Waals surface area contributed by atoms with Crippen molar-refractivity contribution in [1.82, 2.24) is 25.3 Å². The van der Waals surface area contributed by atoms with Crippen molar-refractivity contribution in [2.75, 3.05) is 0 Å². The normalized spacial score (nSPS) is 11.9. The highest BCUT2D eigenvalue weighted by Crippen LogP contribution is 2.23. The summed E-state index contributed by atoms with van der Waals surface area (Å²) in [5.74, 6) is -1.25. The lowest BCUT2D eigenvalue weighted by molar-refractivity contribution is -0.120. The van der Waals surface area contributed by atoms with Gasteiger partial charge in [-0.1, -0.05) is 41.1 Å². The van der Waals surface area contributed by atoms with Crippen LogP contribution in [0.2, 0.25) is 5.02 Å². The highest BCUT2D eigenvalue weighted by atomic mass is 35.5. The second kappa shape index (κ2) is 7.92. The quantitative estimate of drug-likeness (QED) is 0.515. The molecule has 1 atom stereocenters. The van der Waals surface area contributed by atoms with Gasteiger partial charge in [-0.2, -0.15) is 0 Å². The number of halogens is 1. The number of rotatable bonds is 5. The molecule has 0 saturated carbocycles. The molecule has 4 aromatic rings. The number of fused-ring (bicyclic) bond motifs is 1. The average Bonchev–Trinajstić information content (AvgIpc) is 3.13. The molecule has 1 unspecified atom stereocenters. The van der Waals surface area contributed by atoms with Gasteiger partial charge < -0.3 is 11.1 Å². The second-order valence-electron chi connectivity index (χ2n) is 6.67. The smallest absolute Gasteiger partial charge is 0.274 e. The number of nitrogens with one attached hydrogen (secondary N) is 1. The van der Waals surface area contributed by atoms with Crippen LogP contribution in [0, 0.1) is 6.92 Å². The summed E-state index contributed by atoms with van der Waals surface area (Å²) in [6, 6.07) is 13.0. The lowest BCUT2D eigenvalue weighted by Gasteiger charge is -2.15. The molecule has 2 aromatic heterocycles. The number of carbonyl (C=O) groups is 2. The summed E-state index contributed by atoms with van der Waals surface area (Å²) >= 11 is 5.89. The maximum atomic E-state index is 12.9. The van der Waals surface area contributed by atoms with Crippen LogP contribution in [0.1, 0.15) is 27.8 Å². The van der Waals surface area contributed by atoms with Crippen molar-refractivity contribution in [2.24, 2.45) is 5.73 Å². The van der Waals surface area contributed by atoms with Crippen LogP contribution in [-0.4, -0.2) is 31.8 Å². The molecule has 0 fully saturated rings. The fourth-order valence-corrected chi connectivity index (χ4v) is 3.36. The van der Waals surface area contributed by atoms with Crippen LogP contribution < -0.4 is 11.1 Å². The van der Waals surface area contributed by atoms with Crippen LogP contribution in [0.15, 0.2) is 60.9 Å². The zero-order valence-corrected chi connectivity index (χ0v) is 16.7. The van der Waals surface area contributed by atoms with E-state index in [-0.39, 0.29) is 5.69 Å². The minimum Gasteiger partial charge on any atom is -0.368 e. The van der Waals surface area contributed by atoms with Gasteiger partial charge in [-0.3, -0.25) is 14.6 Å². The van der Waals surface area contributed by atoms with E-state index in [1.54, 1.807) is 48.3 Å². The van der Waals surface area contributed by atoms with E-state index >= 15 is 0 Å². The third-order valence-corrected chi connectivity index (χ3v) is 5.01. The highest BCUT2D eigenvalue weighted by Gasteiger charge is 2.25. The lowest BCUT2D eigenvalue weighted by atomic mass is 10.1. The van der Waals surface area contributed by atoms with E-state index < -0.39 is 17.9 Å². The summed E-state index contributed by atoms with van der Waals surface area (Å²) in [6.07, 6.45) is 3.44. The number of hydrogen-bond donors (Lipinski definition) is 2. The Morgan fingerprint density at radius 3 is 2.63 bits per heavy atom. The zero-order chi connectivity index (χ0) is 21.3. The Kier molecular flexibility index (Phi) is 5.16. The van der Waals surface area contributed by atoms with Gasteiger partial charge in [0.1, 0.15) is 6.04 Å². The topological polar surface area (TPSA) is 116 Å². The summed E-state index contributed by atoms with van der Waals surface area (Å²) in [5, 5.41) is 13.2. The maximum Gasteiger partial charge on any atom is 0.274 e. The number of benzene rings is 2. The van der Waals surface area contributed by atoms with E-state index in [4.69, 9.17) is 17.3 Å². The first-order chi connectivity index (χ1) is 14.5. The minimum absolute atomic E-state index is 0.0984. The van der Waals surface area contributed by atoms with Gasteiger partial charge in [0.05, 0.1) is 11.4 Å². The molecule has 0 bridgehead atoms. The maximum absolute atomic E-state index is 12.9. The van der Waals surface area contributed by atoms with Crippen molar-refractivity contribution >= 4 is 34.2 Å². The van der Waals surface area contributed by atoms with E-state index in [9.17, 15) is 9.59 Å². The Bertz CT molecular complexity index is 1250. The summed E-state index contributed by atoms with van der Waals surface area (Å²) < 4.78 is 1.58. The van der Waals surface area contributed by atoms with Gasteiger partial charge in [0.2, 0.25) is 5.91 Å². The average molecular weight is 421 g/mol. The summed E-state index contributed by atoms with van der Waals surface area (Å²) in [5.41, 5.74) is 7.41. The minimum atomic E-state index is -1.03. The van der Waals surface area contributed by atoms with Gasteiger partial charge in [-0.25, -0.2) is 4.68 Å². The molecule has 0 aliphatic carbocycles. The van der Waals surface area contributed by atoms with E-state index in [2.05, 4.69) is 20.6 Å². The Balaban J connectivity index is 1.66. The molecule has 0 spiro atoms. The third kappa shape index (κ3) is 3.60. The number of pyridine rings is 1. The fourth-order valence-electron chi connectivity index (χ4n) is 3.23. The molecule has 150 valence electrons. The standard InChI is InChI=1S/C21H17ClN6O2/c1-12-18(21(30)25-19(20(23)29)13-5-7-15(22)8-6-13)26-27-28(12)17-4-2-3-14-11-24-10-9-16(14)17/h2-11,19H,1H3,(H2,23,29)(H,25,30). The second-order valence-corrected chi connectivity index (χ2v) is 7.11. The zero-order valence-electron chi connectivity index (χ0n) is 15.9. The van der Waals surface area contributed by atoms with Crippen LogP contribution in [-0.2, 0) is 4.79 Å². The van der Waals surface area contributed by atoms with Crippen molar-refractivity contribution < 1.29 is 9.59 Å². The number of hydrogen-bond acceptors (Lipinski definition) is 5. The fraction of sp³-hybridized carbons (Fsp3) is 0.0952. The predicted octanol–water partition coefficient (Wildman–Crippen LogP) is 2.73. The van der Waals surface area contributed by atoms with Crippen LogP contribution >= 0.6 is 11.6 Å². The molecular formula is C21H17ClN6O2. The van der Waals surface area contributed by atoms with Crippen molar-refractivity contribution in [3.63, 3.8) is 0 Å². The van der Waals surface area contributed by atoms with Crippen molar-refractivity contribution in [3.8, 4) is 5.69 Å². The van der Waals surface area contributed by atoms with Crippen LogP contribution in [0.4, 0.5) is 0 Å². The van der Waals surface area contributed by atoms with Crippen LogP contribution in [0.25, 0.3) is 16.5 Å². The molecule has 2 aromatic carbocycles. The molecule has 0 aliphatic rings. The first-order valence-electron chi connectivity index (χ1n) is 9.07. The van der Waals surface area contributed by atoms with Gasteiger partial charge >= 0.3 is 0 Å². The summed E-state index contributed by atoms with van der Waals surface area (Å²) in [7, 11) is 0. The highest BCUT2D eigenvalue weighted by molar-refractivity contribution is 6.30. The van der Waals surface area contributed by atoms with Gasteiger partial charge in [-0.05, 0) is 36.8 Å². The van der Waals surface area contributed by atoms with E-state index in [1.165, 1.54) is 0 Å². The van der Waals surface area contributed by atoms with E-state index in [0.29, 0.717) is 16.3 Å². The molecule has 3 N–H and O–H groups in total. The number of carbonyl (C=O) groups excluding carboxylic acids is 2. The number of primary amides is 1. The molecule has 0 aliphatic heterocycles. The van der Waals surface area contributed by atoms with Gasteiger partial charge in [0.15, 0.2) is 5.69 Å². The molecule has 30 heavy (non-hydrogen) atoms. The molecular weight excluding hydrogens is 404 g/mol. The molecule has 9 heteroatoms. The summed E-state index contributed by atoms with van der Waals surface area (Å²) in [4.78, 5) is 28.9. The molecule has 2 amide bonds. The Hall–Kier alpha value is -3.78. The van der Waals surface area contributed by atoms with E-state index in [0.717, 1.165) is 16.5 Å². The molecule has 2 heterocycles. The third-order valence-electron chi connectivity index (χ3n) is 4.76. The molecule has 8 nitrogen and oxygen atoms in total. The largest absolute Gasteiger partial charge is 0.368 e. The van der Waals surface area contributed by atoms with Crippen molar-refractivity contribution in [1.29, 1.82) is 0 Å². The first-order valence-corrected chi connectivity index (χ1v) is 9.44. The van der Waals surface area contributed by atoms with Gasteiger partial charge in [0, 0.05) is 28.2 Å². The molecule has 4 rings (SSSR count). The van der Waals surface area contributed by atoms with Gasteiger partial charge in [-0.15, -0.1) is 5.10 Å². The Morgan fingerprint density at radius 1 is 1.13 bits per heavy atom.